The van der Waals surface area contributed by atoms with Crippen molar-refractivity contribution in [1.82, 2.24) is 10.6 Å². The van der Waals surface area contributed by atoms with Crippen LogP contribution >= 0.6 is 34.8 Å². The average Bonchev–Trinajstić information content (AvgIpc) is 2.95. The van der Waals surface area contributed by atoms with Gasteiger partial charge in [-0.3, -0.25) is 10.1 Å². The molecule has 1 aliphatic heterocycles. The Balaban J connectivity index is 1.98. The number of nitrogens with one attached hydrogen (secondary N) is 2. The van der Waals surface area contributed by atoms with E-state index in [1.54, 1.807) is 12.1 Å². The van der Waals surface area contributed by atoms with E-state index in [9.17, 15) is 4.79 Å². The molecule has 1 aromatic carbocycles. The Labute approximate surface area is 145 Å². The molecule has 0 aliphatic carbocycles. The van der Waals surface area contributed by atoms with Crippen LogP contribution in [-0.4, -0.2) is 35.1 Å². The lowest BCUT2D eigenvalue weighted by atomic mass is 10.1. The number of halogens is 3. The third-order valence-corrected chi connectivity index (χ3v) is 4.11. The van der Waals surface area contributed by atoms with Crippen LogP contribution in [0.4, 0.5) is 0 Å². The zero-order chi connectivity index (χ0) is 16.2. The predicted molar refractivity (Wildman–Crippen MR) is 89.7 cm³/mol. The van der Waals surface area contributed by atoms with Crippen molar-refractivity contribution in [2.75, 3.05) is 13.2 Å². The molecule has 0 bridgehead atoms. The number of aryl methyl sites for hydroxylation is 1. The van der Waals surface area contributed by atoms with Crippen molar-refractivity contribution in [3.8, 4) is 0 Å². The van der Waals surface area contributed by atoms with Crippen LogP contribution in [0.5, 0.6) is 0 Å². The lowest BCUT2D eigenvalue weighted by Crippen LogP contribution is -2.54. The van der Waals surface area contributed by atoms with E-state index < -0.39 is 9.96 Å². The smallest absolute Gasteiger partial charge is 0.252 e. The zero-order valence-electron chi connectivity index (χ0n) is 12.2. The maximum atomic E-state index is 12.3. The second-order valence-electron chi connectivity index (χ2n) is 5.36. The minimum atomic E-state index is -1.65. The molecule has 2 N–H and O–H groups in total. The van der Waals surface area contributed by atoms with Crippen molar-refractivity contribution in [3.63, 3.8) is 0 Å². The predicted octanol–water partition coefficient (Wildman–Crippen LogP) is 3.19. The number of amides is 1. The SMILES string of the molecule is Cc1cccc(C(=O)NC(NCC2CCCO2)C(Cl)(Cl)Cl)c1. The minimum absolute atomic E-state index is 0.0886. The van der Waals surface area contributed by atoms with Gasteiger partial charge in [-0.15, -0.1) is 0 Å². The molecule has 1 aromatic rings. The molecule has 1 heterocycles. The fourth-order valence-electron chi connectivity index (χ4n) is 2.30. The Morgan fingerprint density at radius 1 is 1.45 bits per heavy atom. The summed E-state index contributed by atoms with van der Waals surface area (Å²) < 4.78 is 3.86. The molecule has 1 saturated heterocycles. The number of carbonyl (C=O) groups excluding carboxylic acids is 1. The summed E-state index contributed by atoms with van der Waals surface area (Å²) in [6, 6.07) is 7.23. The third-order valence-electron chi connectivity index (χ3n) is 3.46. The molecule has 0 saturated carbocycles. The highest BCUT2D eigenvalue weighted by atomic mass is 35.6. The van der Waals surface area contributed by atoms with Gasteiger partial charge < -0.3 is 10.1 Å². The van der Waals surface area contributed by atoms with E-state index in [1.165, 1.54) is 0 Å². The van der Waals surface area contributed by atoms with Crippen LogP contribution in [0.25, 0.3) is 0 Å². The van der Waals surface area contributed by atoms with Crippen LogP contribution in [0.1, 0.15) is 28.8 Å². The molecule has 1 aliphatic rings. The molecule has 1 fully saturated rings. The Morgan fingerprint density at radius 3 is 2.82 bits per heavy atom. The molecule has 0 aromatic heterocycles. The summed E-state index contributed by atoms with van der Waals surface area (Å²) >= 11 is 17.9. The van der Waals surface area contributed by atoms with Crippen molar-refractivity contribution in [2.45, 2.75) is 35.8 Å². The highest BCUT2D eigenvalue weighted by Gasteiger charge is 2.34. The Kier molecular flexibility index (Phi) is 6.36. The first-order chi connectivity index (χ1) is 10.4. The summed E-state index contributed by atoms with van der Waals surface area (Å²) in [4.78, 5) is 12.3. The second-order valence-corrected chi connectivity index (χ2v) is 7.73. The maximum Gasteiger partial charge on any atom is 0.252 e. The first kappa shape index (κ1) is 17.8. The number of rotatable bonds is 5. The molecular weight excluding hydrogens is 347 g/mol. The summed E-state index contributed by atoms with van der Waals surface area (Å²) in [5.41, 5.74) is 1.52. The topological polar surface area (TPSA) is 50.4 Å². The summed E-state index contributed by atoms with van der Waals surface area (Å²) in [5, 5.41) is 5.79. The van der Waals surface area contributed by atoms with Crippen LogP contribution < -0.4 is 10.6 Å². The monoisotopic (exact) mass is 364 g/mol. The lowest BCUT2D eigenvalue weighted by molar-refractivity contribution is 0.0897. The van der Waals surface area contributed by atoms with Crippen LogP contribution in [0.3, 0.4) is 0 Å². The van der Waals surface area contributed by atoms with Gasteiger partial charge in [-0.05, 0) is 31.9 Å². The first-order valence-electron chi connectivity index (χ1n) is 7.15. The number of carbonyl (C=O) groups is 1. The molecule has 2 unspecified atom stereocenters. The van der Waals surface area contributed by atoms with E-state index in [2.05, 4.69) is 10.6 Å². The quantitative estimate of drug-likeness (QED) is 0.622. The molecular formula is C15H19Cl3N2O2. The normalized spacial score (nSPS) is 19.9. The zero-order valence-corrected chi connectivity index (χ0v) is 14.5. The largest absolute Gasteiger partial charge is 0.377 e. The third kappa shape index (κ3) is 5.28. The van der Waals surface area contributed by atoms with Gasteiger partial charge in [-0.1, -0.05) is 52.5 Å². The van der Waals surface area contributed by atoms with Gasteiger partial charge in [0, 0.05) is 18.7 Å². The van der Waals surface area contributed by atoms with Gasteiger partial charge in [0.15, 0.2) is 0 Å². The van der Waals surface area contributed by atoms with Gasteiger partial charge >= 0.3 is 0 Å². The van der Waals surface area contributed by atoms with Crippen LogP contribution in [0, 0.1) is 6.92 Å². The summed E-state index contributed by atoms with van der Waals surface area (Å²) in [7, 11) is 0. The molecule has 122 valence electrons. The Bertz CT molecular complexity index is 514. The van der Waals surface area contributed by atoms with Gasteiger partial charge in [0.05, 0.1) is 6.10 Å². The molecule has 7 heteroatoms. The van der Waals surface area contributed by atoms with Crippen LogP contribution in [0.2, 0.25) is 0 Å². The molecule has 0 radical (unpaired) electrons. The minimum Gasteiger partial charge on any atom is -0.377 e. The Hall–Kier alpha value is -0.520. The van der Waals surface area contributed by atoms with E-state index in [4.69, 9.17) is 39.5 Å². The van der Waals surface area contributed by atoms with E-state index in [0.29, 0.717) is 12.1 Å². The van der Waals surface area contributed by atoms with Crippen LogP contribution in [0.15, 0.2) is 24.3 Å². The van der Waals surface area contributed by atoms with Gasteiger partial charge in [0.1, 0.15) is 6.17 Å². The first-order valence-corrected chi connectivity index (χ1v) is 8.29. The van der Waals surface area contributed by atoms with Gasteiger partial charge in [-0.25, -0.2) is 0 Å². The number of benzene rings is 1. The van der Waals surface area contributed by atoms with E-state index in [1.807, 2.05) is 19.1 Å². The second kappa shape index (κ2) is 7.84. The highest BCUT2D eigenvalue weighted by molar-refractivity contribution is 6.68. The fourth-order valence-corrected chi connectivity index (χ4v) is 2.70. The highest BCUT2D eigenvalue weighted by Crippen LogP contribution is 2.29. The molecule has 0 spiro atoms. The molecule has 4 nitrogen and oxygen atoms in total. The molecule has 2 atom stereocenters. The fraction of sp³-hybridized carbons (Fsp3) is 0.533. The van der Waals surface area contributed by atoms with E-state index in [0.717, 1.165) is 25.0 Å². The van der Waals surface area contributed by atoms with Crippen molar-refractivity contribution in [1.29, 1.82) is 0 Å². The van der Waals surface area contributed by atoms with Crippen molar-refractivity contribution in [2.24, 2.45) is 0 Å². The van der Waals surface area contributed by atoms with E-state index in [-0.39, 0.29) is 12.0 Å². The number of hydrogen-bond acceptors (Lipinski definition) is 3. The van der Waals surface area contributed by atoms with Gasteiger partial charge in [0.2, 0.25) is 3.79 Å². The van der Waals surface area contributed by atoms with Gasteiger partial charge in [0.25, 0.3) is 5.91 Å². The number of hydrogen-bond donors (Lipinski definition) is 2. The summed E-state index contributed by atoms with van der Waals surface area (Å²) in [6.07, 6.45) is 1.28. The van der Waals surface area contributed by atoms with Gasteiger partial charge in [-0.2, -0.15) is 0 Å². The Morgan fingerprint density at radius 2 is 2.23 bits per heavy atom. The van der Waals surface area contributed by atoms with E-state index >= 15 is 0 Å². The van der Waals surface area contributed by atoms with Crippen molar-refractivity contribution in [3.05, 3.63) is 35.4 Å². The lowest BCUT2D eigenvalue weighted by Gasteiger charge is -2.27. The van der Waals surface area contributed by atoms with Crippen molar-refractivity contribution >= 4 is 40.7 Å². The average molecular weight is 366 g/mol. The number of ether oxygens (including phenoxy) is 1. The van der Waals surface area contributed by atoms with Crippen LogP contribution in [-0.2, 0) is 4.74 Å². The maximum absolute atomic E-state index is 12.3. The molecule has 1 amide bonds. The molecule has 22 heavy (non-hydrogen) atoms. The summed E-state index contributed by atoms with van der Waals surface area (Å²) in [5.74, 6) is -0.292. The summed E-state index contributed by atoms with van der Waals surface area (Å²) in [6.45, 7) is 3.19. The standard InChI is InChI=1S/C15H19Cl3N2O2/c1-10-4-2-5-11(8-10)13(21)20-14(15(16,17)18)19-9-12-6-3-7-22-12/h2,4-5,8,12,14,19H,3,6-7,9H2,1H3,(H,20,21). The van der Waals surface area contributed by atoms with Crippen molar-refractivity contribution < 1.29 is 9.53 Å². The number of alkyl halides is 3. The molecule has 2 rings (SSSR count).